The van der Waals surface area contributed by atoms with E-state index in [1.165, 1.54) is 0 Å². The van der Waals surface area contributed by atoms with E-state index in [2.05, 4.69) is 0 Å². The second-order valence-corrected chi connectivity index (χ2v) is 4.26. The Morgan fingerprint density at radius 1 is 1.07 bits per heavy atom. The van der Waals surface area contributed by atoms with Crippen LogP contribution in [0, 0.1) is 0 Å². The Morgan fingerprint density at radius 3 is 2.00 bits per heavy atom. The maximum atomic E-state index is 5.61. The van der Waals surface area contributed by atoms with Gasteiger partial charge >= 0.3 is 0 Å². The monoisotopic (exact) mass is 234 g/mol. The number of hydrogen-bond acceptors (Lipinski definition) is 4. The lowest BCUT2D eigenvalue weighted by Crippen LogP contribution is -2.26. The average molecular weight is 234 g/mol. The van der Waals surface area contributed by atoms with E-state index in [9.17, 15) is 0 Å². The van der Waals surface area contributed by atoms with Gasteiger partial charge in [0, 0.05) is 13.2 Å². The van der Waals surface area contributed by atoms with Crippen molar-refractivity contribution in [1.82, 2.24) is 0 Å². The van der Waals surface area contributed by atoms with Gasteiger partial charge in [-0.25, -0.2) is 0 Å². The molecular formula is C10H22O4Si. The van der Waals surface area contributed by atoms with Crippen molar-refractivity contribution in [2.45, 2.75) is 33.6 Å². The predicted octanol–water partition coefficient (Wildman–Crippen LogP) is 1.34. The topological polar surface area (TPSA) is 36.9 Å². The summed E-state index contributed by atoms with van der Waals surface area (Å²) in [6.07, 6.45) is 0. The lowest BCUT2D eigenvalue weighted by molar-refractivity contribution is -0.0887. The van der Waals surface area contributed by atoms with Gasteiger partial charge in [-0.1, -0.05) is 0 Å². The van der Waals surface area contributed by atoms with Gasteiger partial charge in [0.25, 0.3) is 9.76 Å². The van der Waals surface area contributed by atoms with Gasteiger partial charge in [0.1, 0.15) is 11.5 Å². The van der Waals surface area contributed by atoms with Crippen LogP contribution in [0.5, 0.6) is 0 Å². The number of ether oxygens (including phenoxy) is 3. The van der Waals surface area contributed by atoms with Crippen LogP contribution < -0.4 is 0 Å². The molecule has 0 atom stereocenters. The van der Waals surface area contributed by atoms with E-state index in [0.717, 1.165) is 11.5 Å². The Labute approximate surface area is 94.5 Å². The maximum Gasteiger partial charge on any atom is 0.278 e. The minimum Gasteiger partial charge on any atom is -0.545 e. The third-order valence-corrected chi connectivity index (χ3v) is 3.29. The highest BCUT2D eigenvalue weighted by Gasteiger charge is 2.10. The normalized spacial score (nSPS) is 13.5. The van der Waals surface area contributed by atoms with Crippen LogP contribution in [-0.2, 0) is 18.6 Å². The molecular weight excluding hydrogens is 212 g/mol. The van der Waals surface area contributed by atoms with Crippen LogP contribution in [0.15, 0.2) is 11.5 Å². The summed E-state index contributed by atoms with van der Waals surface area (Å²) in [4.78, 5) is 0. The molecule has 0 fully saturated rings. The summed E-state index contributed by atoms with van der Waals surface area (Å²) in [5.74, 6) is 1.45. The van der Waals surface area contributed by atoms with E-state index in [4.69, 9.17) is 18.6 Å². The first-order valence-electron chi connectivity index (χ1n) is 5.23. The molecule has 0 aliphatic heterocycles. The fraction of sp³-hybridized carbons (Fsp3) is 0.800. The van der Waals surface area contributed by atoms with Crippen molar-refractivity contribution in [3.8, 4) is 0 Å². The molecule has 4 nitrogen and oxygen atoms in total. The molecule has 0 bridgehead atoms. The van der Waals surface area contributed by atoms with Crippen LogP contribution in [0.2, 0.25) is 0 Å². The minimum atomic E-state index is -0.879. The standard InChI is InChI=1S/C10H22O4Si/c1-6-12-10(13-7-2)15-14-9(4)8(3)11-5/h10H,6-7,15H2,1-5H3. The fourth-order valence-corrected chi connectivity index (χ4v) is 2.21. The Bertz CT molecular complexity index is 188. The molecule has 0 aromatic rings. The summed E-state index contributed by atoms with van der Waals surface area (Å²) < 4.78 is 21.5. The molecule has 0 N–H and O–H groups in total. The molecule has 15 heavy (non-hydrogen) atoms. The molecule has 0 saturated carbocycles. The van der Waals surface area contributed by atoms with Crippen molar-refractivity contribution in [3.63, 3.8) is 0 Å². The van der Waals surface area contributed by atoms with Gasteiger partial charge in [-0.2, -0.15) is 0 Å². The highest BCUT2D eigenvalue weighted by atomic mass is 28.2. The second-order valence-electron chi connectivity index (χ2n) is 2.97. The van der Waals surface area contributed by atoms with Crippen LogP contribution in [0.3, 0.4) is 0 Å². The zero-order chi connectivity index (χ0) is 11.7. The second kappa shape index (κ2) is 8.76. The number of rotatable bonds is 8. The smallest absolute Gasteiger partial charge is 0.278 e. The molecule has 0 aliphatic rings. The van der Waals surface area contributed by atoms with Crippen LogP contribution in [-0.4, -0.2) is 36.0 Å². The zero-order valence-corrected chi connectivity index (χ0v) is 11.7. The van der Waals surface area contributed by atoms with Gasteiger partial charge in [-0.05, 0) is 27.7 Å². The Hall–Kier alpha value is -0.523. The molecule has 0 aliphatic carbocycles. The first-order chi connectivity index (χ1) is 7.15. The van der Waals surface area contributed by atoms with Gasteiger partial charge in [0.15, 0.2) is 5.91 Å². The predicted molar refractivity (Wildman–Crippen MR) is 62.1 cm³/mol. The first-order valence-corrected chi connectivity index (χ1v) is 6.62. The molecule has 5 heteroatoms. The van der Waals surface area contributed by atoms with Gasteiger partial charge < -0.3 is 18.6 Å². The lowest BCUT2D eigenvalue weighted by Gasteiger charge is -2.17. The molecule has 0 unspecified atom stereocenters. The van der Waals surface area contributed by atoms with Crippen LogP contribution >= 0.6 is 0 Å². The average Bonchev–Trinajstić information content (AvgIpc) is 2.25. The zero-order valence-electron chi connectivity index (χ0n) is 10.3. The molecule has 0 aromatic carbocycles. The van der Waals surface area contributed by atoms with Crippen LogP contribution in [0.25, 0.3) is 0 Å². The quantitative estimate of drug-likeness (QED) is 0.361. The van der Waals surface area contributed by atoms with E-state index in [1.807, 2.05) is 27.7 Å². The minimum absolute atomic E-state index is 0.167. The molecule has 0 spiro atoms. The van der Waals surface area contributed by atoms with E-state index in [0.29, 0.717) is 13.2 Å². The van der Waals surface area contributed by atoms with Crippen LogP contribution in [0.4, 0.5) is 0 Å². The van der Waals surface area contributed by atoms with Crippen molar-refractivity contribution in [2.24, 2.45) is 0 Å². The summed E-state index contributed by atoms with van der Waals surface area (Å²) in [7, 11) is 0.753. The fourth-order valence-electron chi connectivity index (χ4n) is 0.955. The SMILES string of the molecule is CCOC(OCC)[SiH2]OC(C)=C(C)OC. The molecule has 0 heterocycles. The van der Waals surface area contributed by atoms with Gasteiger partial charge in [0.2, 0.25) is 0 Å². The summed E-state index contributed by atoms with van der Waals surface area (Å²) in [6, 6.07) is 0. The Balaban J connectivity index is 3.97. The third-order valence-electron chi connectivity index (χ3n) is 1.94. The van der Waals surface area contributed by atoms with Crippen LogP contribution in [0.1, 0.15) is 27.7 Å². The van der Waals surface area contributed by atoms with Gasteiger partial charge in [-0.3, -0.25) is 0 Å². The lowest BCUT2D eigenvalue weighted by atomic mass is 10.5. The van der Waals surface area contributed by atoms with Gasteiger partial charge in [0.05, 0.1) is 7.11 Å². The molecule has 90 valence electrons. The van der Waals surface area contributed by atoms with E-state index in [1.54, 1.807) is 7.11 Å². The van der Waals surface area contributed by atoms with Crippen molar-refractivity contribution < 1.29 is 18.6 Å². The van der Waals surface area contributed by atoms with E-state index >= 15 is 0 Å². The van der Waals surface area contributed by atoms with E-state index in [-0.39, 0.29) is 5.91 Å². The largest absolute Gasteiger partial charge is 0.545 e. The summed E-state index contributed by atoms with van der Waals surface area (Å²) in [6.45, 7) is 8.95. The molecule has 0 aromatic heterocycles. The van der Waals surface area contributed by atoms with Crippen molar-refractivity contribution >= 4 is 9.76 Å². The molecule has 0 saturated heterocycles. The first kappa shape index (κ1) is 14.5. The van der Waals surface area contributed by atoms with E-state index < -0.39 is 9.76 Å². The summed E-state index contributed by atoms with van der Waals surface area (Å²) >= 11 is 0. The van der Waals surface area contributed by atoms with Gasteiger partial charge in [-0.15, -0.1) is 0 Å². The Kier molecular flexibility index (Phi) is 8.45. The number of methoxy groups -OCH3 is 1. The molecule has 0 amide bonds. The molecule has 0 radical (unpaired) electrons. The summed E-state index contributed by atoms with van der Waals surface area (Å²) in [5.41, 5.74) is 0. The van der Waals surface area contributed by atoms with Crippen molar-refractivity contribution in [2.75, 3.05) is 20.3 Å². The Morgan fingerprint density at radius 2 is 1.60 bits per heavy atom. The maximum absolute atomic E-state index is 5.61. The third kappa shape index (κ3) is 6.54. The highest BCUT2D eigenvalue weighted by molar-refractivity contribution is 6.28. The van der Waals surface area contributed by atoms with Crippen molar-refractivity contribution in [1.29, 1.82) is 0 Å². The number of allylic oxidation sites excluding steroid dienone is 2. The highest BCUT2D eigenvalue weighted by Crippen LogP contribution is 2.06. The molecule has 0 rings (SSSR count). The van der Waals surface area contributed by atoms with Crippen molar-refractivity contribution in [3.05, 3.63) is 11.5 Å². The summed E-state index contributed by atoms with van der Waals surface area (Å²) in [5, 5.41) is 0. The number of hydrogen-bond donors (Lipinski definition) is 0.